The van der Waals surface area contributed by atoms with E-state index in [-0.39, 0.29) is 11.7 Å². The summed E-state index contributed by atoms with van der Waals surface area (Å²) in [5.74, 6) is 1.13. The van der Waals surface area contributed by atoms with Crippen LogP contribution in [0.2, 0.25) is 0 Å². The number of hydrogen-bond acceptors (Lipinski definition) is 2. The molecule has 3 rings (SSSR count). The number of nitrogens with one attached hydrogen (secondary N) is 1. The summed E-state index contributed by atoms with van der Waals surface area (Å²) in [7, 11) is 0. The Morgan fingerprint density at radius 1 is 1.30 bits per heavy atom. The maximum absolute atomic E-state index is 12.7. The normalized spacial score (nSPS) is 22.6. The summed E-state index contributed by atoms with van der Waals surface area (Å²) < 4.78 is 0. The lowest BCUT2D eigenvalue weighted by molar-refractivity contribution is 0.0877. The summed E-state index contributed by atoms with van der Waals surface area (Å²) in [5, 5.41) is 9.88. The van der Waals surface area contributed by atoms with Gasteiger partial charge in [0.2, 0.25) is 0 Å². The van der Waals surface area contributed by atoms with Crippen molar-refractivity contribution < 1.29 is 4.79 Å². The van der Waals surface area contributed by atoms with Crippen LogP contribution in [0.5, 0.6) is 0 Å². The van der Waals surface area contributed by atoms with Crippen LogP contribution in [0, 0.1) is 23.2 Å². The Morgan fingerprint density at radius 2 is 2.05 bits per heavy atom. The highest BCUT2D eigenvalue weighted by Crippen LogP contribution is 2.32. The van der Waals surface area contributed by atoms with Crippen LogP contribution in [0.25, 0.3) is 10.9 Å². The van der Waals surface area contributed by atoms with E-state index in [1.165, 1.54) is 0 Å². The molecule has 20 heavy (non-hydrogen) atoms. The van der Waals surface area contributed by atoms with E-state index in [0.717, 1.165) is 48.1 Å². The van der Waals surface area contributed by atoms with E-state index in [1.807, 2.05) is 12.1 Å². The number of aromatic amines is 1. The van der Waals surface area contributed by atoms with Gasteiger partial charge in [0.25, 0.3) is 0 Å². The third-order valence-electron chi connectivity index (χ3n) is 4.46. The van der Waals surface area contributed by atoms with Crippen molar-refractivity contribution in [1.82, 2.24) is 4.98 Å². The summed E-state index contributed by atoms with van der Waals surface area (Å²) in [5.41, 5.74) is 2.27. The van der Waals surface area contributed by atoms with E-state index >= 15 is 0 Å². The van der Waals surface area contributed by atoms with Gasteiger partial charge in [0.05, 0.1) is 11.6 Å². The van der Waals surface area contributed by atoms with Crippen molar-refractivity contribution in [2.75, 3.05) is 0 Å². The number of ketones is 1. The Bertz CT molecular complexity index is 685. The highest BCUT2D eigenvalue weighted by Gasteiger charge is 2.26. The summed E-state index contributed by atoms with van der Waals surface area (Å²) >= 11 is 0. The number of benzene rings is 1. The molecule has 0 unspecified atom stereocenters. The molecule has 1 aliphatic rings. The molecule has 1 heterocycles. The van der Waals surface area contributed by atoms with Crippen LogP contribution >= 0.6 is 0 Å². The predicted molar refractivity (Wildman–Crippen MR) is 78.5 cm³/mol. The van der Waals surface area contributed by atoms with Gasteiger partial charge in [-0.2, -0.15) is 5.26 Å². The average molecular weight is 266 g/mol. The lowest BCUT2D eigenvalue weighted by Crippen LogP contribution is -2.20. The van der Waals surface area contributed by atoms with Crippen LogP contribution in [0.15, 0.2) is 24.4 Å². The Kier molecular flexibility index (Phi) is 3.31. The molecule has 0 radical (unpaired) electrons. The molecule has 0 saturated heterocycles. The standard InChI is InChI=1S/C17H18N2O/c1-11-2-5-13(6-3-11)17(20)15-10-19-16-7-4-12(9-18)8-14(15)16/h4,7-8,10-11,13,19H,2-3,5-6H2,1H3. The molecular formula is C17H18N2O. The quantitative estimate of drug-likeness (QED) is 0.834. The zero-order valence-corrected chi connectivity index (χ0v) is 11.6. The van der Waals surface area contributed by atoms with E-state index in [2.05, 4.69) is 18.0 Å². The van der Waals surface area contributed by atoms with Gasteiger partial charge in [-0.25, -0.2) is 0 Å². The molecule has 102 valence electrons. The number of carbonyl (C=O) groups excluding carboxylic acids is 1. The van der Waals surface area contributed by atoms with Gasteiger partial charge in [-0.3, -0.25) is 4.79 Å². The molecular weight excluding hydrogens is 248 g/mol. The molecule has 1 aromatic heterocycles. The van der Waals surface area contributed by atoms with E-state index in [9.17, 15) is 4.79 Å². The van der Waals surface area contributed by atoms with Crippen molar-refractivity contribution in [1.29, 1.82) is 5.26 Å². The fraction of sp³-hybridized carbons (Fsp3) is 0.412. The number of carbonyl (C=O) groups is 1. The fourth-order valence-electron chi connectivity index (χ4n) is 3.14. The monoisotopic (exact) mass is 266 g/mol. The summed E-state index contributed by atoms with van der Waals surface area (Å²) in [6, 6.07) is 7.59. The van der Waals surface area contributed by atoms with E-state index in [1.54, 1.807) is 12.3 Å². The lowest BCUT2D eigenvalue weighted by Gasteiger charge is -2.24. The number of fused-ring (bicyclic) bond motifs is 1. The van der Waals surface area contributed by atoms with E-state index in [4.69, 9.17) is 5.26 Å². The van der Waals surface area contributed by atoms with E-state index in [0.29, 0.717) is 5.56 Å². The first kappa shape index (κ1) is 12.9. The SMILES string of the molecule is CC1CCC(C(=O)c2c[nH]c3ccc(C#N)cc23)CC1. The van der Waals surface area contributed by atoms with E-state index < -0.39 is 0 Å². The van der Waals surface area contributed by atoms with Gasteiger partial charge in [0.1, 0.15) is 0 Å². The molecule has 0 atom stereocenters. The number of hydrogen-bond donors (Lipinski definition) is 1. The zero-order valence-electron chi connectivity index (χ0n) is 11.6. The maximum atomic E-state index is 12.7. The van der Waals surface area contributed by atoms with Gasteiger partial charge >= 0.3 is 0 Å². The molecule has 0 aliphatic heterocycles. The number of H-pyrrole nitrogens is 1. The van der Waals surface area contributed by atoms with Gasteiger partial charge in [0, 0.05) is 28.6 Å². The van der Waals surface area contributed by atoms with Crippen LogP contribution < -0.4 is 0 Å². The Morgan fingerprint density at radius 3 is 2.75 bits per heavy atom. The van der Waals surface area contributed by atoms with Crippen LogP contribution in [0.1, 0.15) is 48.5 Å². The number of nitriles is 1. The van der Waals surface area contributed by atoms with Gasteiger partial charge in [0.15, 0.2) is 5.78 Å². The zero-order chi connectivity index (χ0) is 14.1. The smallest absolute Gasteiger partial charge is 0.168 e. The minimum absolute atomic E-state index is 0.149. The first-order valence-electron chi connectivity index (χ1n) is 7.24. The molecule has 0 spiro atoms. The number of Topliss-reactive ketones (excluding diaryl/α,β-unsaturated/α-hetero) is 1. The Hall–Kier alpha value is -2.08. The van der Waals surface area contributed by atoms with Gasteiger partial charge < -0.3 is 4.98 Å². The second-order valence-corrected chi connectivity index (χ2v) is 5.90. The van der Waals surface area contributed by atoms with Crippen molar-refractivity contribution >= 4 is 16.7 Å². The number of rotatable bonds is 2. The minimum Gasteiger partial charge on any atom is -0.360 e. The van der Waals surface area contributed by atoms with Gasteiger partial charge in [-0.15, -0.1) is 0 Å². The summed E-state index contributed by atoms with van der Waals surface area (Å²) in [4.78, 5) is 15.8. The third kappa shape index (κ3) is 2.22. The Balaban J connectivity index is 1.93. The van der Waals surface area contributed by atoms with Crippen LogP contribution in [-0.4, -0.2) is 10.8 Å². The van der Waals surface area contributed by atoms with Crippen molar-refractivity contribution in [3.8, 4) is 6.07 Å². The van der Waals surface area contributed by atoms with Crippen molar-refractivity contribution in [3.63, 3.8) is 0 Å². The molecule has 0 bridgehead atoms. The van der Waals surface area contributed by atoms with Crippen LogP contribution in [-0.2, 0) is 0 Å². The first-order chi connectivity index (χ1) is 9.69. The number of aromatic nitrogens is 1. The van der Waals surface area contributed by atoms with Gasteiger partial charge in [-0.05, 0) is 37.0 Å². The molecule has 1 saturated carbocycles. The molecule has 2 aromatic rings. The lowest BCUT2D eigenvalue weighted by atomic mass is 9.79. The van der Waals surface area contributed by atoms with Crippen molar-refractivity contribution in [2.45, 2.75) is 32.6 Å². The summed E-state index contributed by atoms with van der Waals surface area (Å²) in [6.07, 6.45) is 6.06. The largest absolute Gasteiger partial charge is 0.360 e. The molecule has 3 heteroatoms. The molecule has 0 amide bonds. The molecule has 1 aromatic carbocycles. The highest BCUT2D eigenvalue weighted by atomic mass is 16.1. The first-order valence-corrected chi connectivity index (χ1v) is 7.24. The number of nitrogens with zero attached hydrogens (tertiary/aromatic N) is 1. The molecule has 1 aliphatic carbocycles. The van der Waals surface area contributed by atoms with Crippen LogP contribution in [0.3, 0.4) is 0 Å². The maximum Gasteiger partial charge on any atom is 0.168 e. The van der Waals surface area contributed by atoms with Gasteiger partial charge in [-0.1, -0.05) is 19.8 Å². The Labute approximate surface area is 118 Å². The predicted octanol–water partition coefficient (Wildman–Crippen LogP) is 4.05. The van der Waals surface area contributed by atoms with Crippen molar-refractivity contribution in [3.05, 3.63) is 35.5 Å². The second kappa shape index (κ2) is 5.13. The van der Waals surface area contributed by atoms with Crippen LogP contribution in [0.4, 0.5) is 0 Å². The fourth-order valence-corrected chi connectivity index (χ4v) is 3.14. The molecule has 1 fully saturated rings. The average Bonchev–Trinajstić information content (AvgIpc) is 2.90. The second-order valence-electron chi connectivity index (χ2n) is 5.90. The highest BCUT2D eigenvalue weighted by molar-refractivity contribution is 6.09. The molecule has 1 N–H and O–H groups in total. The third-order valence-corrected chi connectivity index (χ3v) is 4.46. The minimum atomic E-state index is 0.149. The summed E-state index contributed by atoms with van der Waals surface area (Å²) in [6.45, 7) is 2.26. The topological polar surface area (TPSA) is 56.6 Å². The van der Waals surface area contributed by atoms with Crippen molar-refractivity contribution in [2.24, 2.45) is 11.8 Å². The molecule has 3 nitrogen and oxygen atoms in total.